The minimum absolute atomic E-state index is 0.147. The van der Waals surface area contributed by atoms with Gasteiger partial charge in [-0.2, -0.15) is 5.26 Å². The fourth-order valence-electron chi connectivity index (χ4n) is 2.35. The summed E-state index contributed by atoms with van der Waals surface area (Å²) in [5.74, 6) is -0.408. The van der Waals surface area contributed by atoms with Crippen LogP contribution in [0, 0.1) is 11.3 Å². The smallest absolute Gasteiger partial charge is 0.273 e. The fourth-order valence-corrected chi connectivity index (χ4v) is 2.35. The van der Waals surface area contributed by atoms with E-state index in [2.05, 4.69) is 10.3 Å². The number of hydrogen-bond acceptors (Lipinski definition) is 4. The maximum atomic E-state index is 12.4. The second-order valence-electron chi connectivity index (χ2n) is 4.67. The van der Waals surface area contributed by atoms with Crippen molar-refractivity contribution in [1.82, 2.24) is 15.2 Å². The fraction of sp³-hybridized carbons (Fsp3) is 0.429. The maximum Gasteiger partial charge on any atom is 0.273 e. The van der Waals surface area contributed by atoms with Gasteiger partial charge in [-0.05, 0) is 31.4 Å². The van der Waals surface area contributed by atoms with Crippen molar-refractivity contribution in [3.05, 3.63) is 29.6 Å². The second-order valence-corrected chi connectivity index (χ2v) is 4.67. The van der Waals surface area contributed by atoms with Crippen molar-refractivity contribution in [2.24, 2.45) is 0 Å². The van der Waals surface area contributed by atoms with Gasteiger partial charge in [0.05, 0.1) is 5.56 Å². The van der Waals surface area contributed by atoms with Crippen molar-refractivity contribution >= 4 is 11.8 Å². The molecular weight excluding hydrogens is 256 g/mol. The topological polar surface area (TPSA) is 86.1 Å². The average Bonchev–Trinajstić information content (AvgIpc) is 2.53. The summed E-state index contributed by atoms with van der Waals surface area (Å²) in [4.78, 5) is 29.8. The molecule has 0 bridgehead atoms. The number of likely N-dealkylation sites (N-methyl/N-ethyl adjacent to an activating group) is 1. The van der Waals surface area contributed by atoms with Gasteiger partial charge in [-0.25, -0.2) is 4.98 Å². The van der Waals surface area contributed by atoms with E-state index < -0.39 is 6.04 Å². The summed E-state index contributed by atoms with van der Waals surface area (Å²) in [6.07, 6.45) is 3.85. The molecule has 1 aliphatic heterocycles. The molecule has 1 aromatic heterocycles. The van der Waals surface area contributed by atoms with Gasteiger partial charge in [0.2, 0.25) is 5.91 Å². The standard InChI is InChI=1S/C14H16N4O2/c1-16-13(19)12-4-2-3-7-18(12)14(20)11-6-5-10(8-15)9-17-11/h5-6,9,12H,2-4,7H2,1H3,(H,16,19). The van der Waals surface area contributed by atoms with E-state index in [1.807, 2.05) is 6.07 Å². The summed E-state index contributed by atoms with van der Waals surface area (Å²) in [5.41, 5.74) is 0.669. The number of nitrogens with zero attached hydrogens (tertiary/aromatic N) is 3. The first-order chi connectivity index (χ1) is 9.67. The molecule has 0 aliphatic carbocycles. The number of piperidine rings is 1. The number of carbonyl (C=O) groups is 2. The highest BCUT2D eigenvalue weighted by atomic mass is 16.2. The largest absolute Gasteiger partial charge is 0.357 e. The Morgan fingerprint density at radius 3 is 2.85 bits per heavy atom. The van der Waals surface area contributed by atoms with E-state index in [1.165, 1.54) is 12.3 Å². The molecule has 1 saturated heterocycles. The predicted molar refractivity (Wildman–Crippen MR) is 71.7 cm³/mol. The molecule has 0 saturated carbocycles. The number of rotatable bonds is 2. The summed E-state index contributed by atoms with van der Waals surface area (Å²) in [6.45, 7) is 0.554. The Morgan fingerprint density at radius 2 is 2.25 bits per heavy atom. The van der Waals surface area contributed by atoms with Crippen molar-refractivity contribution in [1.29, 1.82) is 5.26 Å². The molecule has 0 radical (unpaired) electrons. The molecular formula is C14H16N4O2. The normalized spacial score (nSPS) is 18.2. The van der Waals surface area contributed by atoms with Gasteiger partial charge < -0.3 is 10.2 Å². The number of nitriles is 1. The third-order valence-electron chi connectivity index (χ3n) is 3.42. The summed E-state index contributed by atoms with van der Waals surface area (Å²) in [7, 11) is 1.57. The number of aromatic nitrogens is 1. The van der Waals surface area contributed by atoms with Crippen LogP contribution < -0.4 is 5.32 Å². The minimum atomic E-state index is -0.432. The van der Waals surface area contributed by atoms with E-state index in [1.54, 1.807) is 18.0 Å². The lowest BCUT2D eigenvalue weighted by atomic mass is 10.0. The Balaban J connectivity index is 2.20. The highest BCUT2D eigenvalue weighted by molar-refractivity contribution is 5.96. The van der Waals surface area contributed by atoms with Crippen LogP contribution in [-0.4, -0.2) is 41.3 Å². The van der Waals surface area contributed by atoms with E-state index in [9.17, 15) is 9.59 Å². The van der Waals surface area contributed by atoms with Crippen LogP contribution in [0.15, 0.2) is 18.3 Å². The van der Waals surface area contributed by atoms with Gasteiger partial charge in [0.1, 0.15) is 17.8 Å². The molecule has 2 rings (SSSR count). The third-order valence-corrected chi connectivity index (χ3v) is 3.42. The Hall–Kier alpha value is -2.42. The van der Waals surface area contributed by atoms with Crippen LogP contribution in [0.4, 0.5) is 0 Å². The van der Waals surface area contributed by atoms with Crippen molar-refractivity contribution in [3.8, 4) is 6.07 Å². The van der Waals surface area contributed by atoms with Gasteiger partial charge in [0.15, 0.2) is 0 Å². The first kappa shape index (κ1) is 14.0. The Morgan fingerprint density at radius 1 is 1.45 bits per heavy atom. The highest BCUT2D eigenvalue weighted by Crippen LogP contribution is 2.19. The molecule has 104 valence electrons. The molecule has 1 atom stereocenters. The summed E-state index contributed by atoms with van der Waals surface area (Å²) in [6, 6.07) is 4.60. The number of nitrogens with one attached hydrogen (secondary N) is 1. The zero-order chi connectivity index (χ0) is 14.5. The number of carbonyl (C=O) groups excluding carboxylic acids is 2. The van der Waals surface area contributed by atoms with Gasteiger partial charge >= 0.3 is 0 Å². The van der Waals surface area contributed by atoms with E-state index in [-0.39, 0.29) is 17.5 Å². The van der Waals surface area contributed by atoms with E-state index in [4.69, 9.17) is 5.26 Å². The molecule has 0 aromatic carbocycles. The second kappa shape index (κ2) is 6.15. The van der Waals surface area contributed by atoms with Gasteiger partial charge in [-0.3, -0.25) is 9.59 Å². The Kier molecular flexibility index (Phi) is 4.31. The molecule has 6 heteroatoms. The monoisotopic (exact) mass is 272 g/mol. The van der Waals surface area contributed by atoms with Crippen molar-refractivity contribution < 1.29 is 9.59 Å². The molecule has 1 unspecified atom stereocenters. The van der Waals surface area contributed by atoms with Crippen LogP contribution in [0.25, 0.3) is 0 Å². The lowest BCUT2D eigenvalue weighted by Crippen LogP contribution is -2.51. The van der Waals surface area contributed by atoms with Crippen LogP contribution in [0.1, 0.15) is 35.3 Å². The average molecular weight is 272 g/mol. The quantitative estimate of drug-likeness (QED) is 0.858. The zero-order valence-corrected chi connectivity index (χ0v) is 11.3. The van der Waals surface area contributed by atoms with Gasteiger partial charge in [-0.1, -0.05) is 0 Å². The van der Waals surface area contributed by atoms with Crippen LogP contribution in [0.2, 0.25) is 0 Å². The highest BCUT2D eigenvalue weighted by Gasteiger charge is 2.32. The van der Waals surface area contributed by atoms with E-state index >= 15 is 0 Å². The van der Waals surface area contributed by atoms with E-state index in [0.717, 1.165) is 12.8 Å². The van der Waals surface area contributed by atoms with Crippen molar-refractivity contribution in [3.63, 3.8) is 0 Å². The zero-order valence-electron chi connectivity index (χ0n) is 11.3. The van der Waals surface area contributed by atoms with Gasteiger partial charge in [0.25, 0.3) is 5.91 Å². The number of pyridine rings is 1. The Labute approximate surface area is 117 Å². The Bertz CT molecular complexity index is 547. The van der Waals surface area contributed by atoms with Gasteiger partial charge in [-0.15, -0.1) is 0 Å². The lowest BCUT2D eigenvalue weighted by molar-refractivity contribution is -0.126. The SMILES string of the molecule is CNC(=O)C1CCCCN1C(=O)c1ccc(C#N)cn1. The van der Waals surface area contributed by atoms with Crippen LogP contribution in [0.5, 0.6) is 0 Å². The molecule has 2 heterocycles. The van der Waals surface area contributed by atoms with Crippen molar-refractivity contribution in [2.45, 2.75) is 25.3 Å². The molecule has 6 nitrogen and oxygen atoms in total. The first-order valence-corrected chi connectivity index (χ1v) is 6.56. The molecule has 20 heavy (non-hydrogen) atoms. The molecule has 1 N–H and O–H groups in total. The number of likely N-dealkylation sites (tertiary alicyclic amines) is 1. The van der Waals surface area contributed by atoms with Crippen LogP contribution in [-0.2, 0) is 4.79 Å². The minimum Gasteiger partial charge on any atom is -0.357 e. The summed E-state index contributed by atoms with van der Waals surface area (Å²) < 4.78 is 0. The molecule has 1 fully saturated rings. The van der Waals surface area contributed by atoms with Crippen LogP contribution in [0.3, 0.4) is 0 Å². The number of amides is 2. The first-order valence-electron chi connectivity index (χ1n) is 6.56. The molecule has 2 amide bonds. The molecule has 0 spiro atoms. The maximum absolute atomic E-state index is 12.4. The predicted octanol–water partition coefficient (Wildman–Crippen LogP) is 0.694. The summed E-state index contributed by atoms with van der Waals surface area (Å²) in [5, 5.41) is 11.3. The third kappa shape index (κ3) is 2.77. The number of hydrogen-bond donors (Lipinski definition) is 1. The van der Waals surface area contributed by atoms with Gasteiger partial charge in [0, 0.05) is 19.8 Å². The summed E-state index contributed by atoms with van der Waals surface area (Å²) >= 11 is 0. The van der Waals surface area contributed by atoms with Crippen molar-refractivity contribution in [2.75, 3.05) is 13.6 Å². The molecule has 1 aliphatic rings. The van der Waals surface area contributed by atoms with E-state index in [0.29, 0.717) is 18.5 Å². The lowest BCUT2D eigenvalue weighted by Gasteiger charge is -2.34. The molecule has 1 aromatic rings. The van der Waals surface area contributed by atoms with Crippen LogP contribution >= 0.6 is 0 Å².